The van der Waals surface area contributed by atoms with E-state index in [1.807, 2.05) is 26.0 Å². The molecule has 0 aromatic heterocycles. The number of hydrogen-bond acceptors (Lipinski definition) is 6. The molecule has 2 aromatic carbocycles. The van der Waals surface area contributed by atoms with E-state index in [4.69, 9.17) is 9.47 Å². The SMILES string of the molecule is Cc1cc(C)c2c(c1)OC1(CCN(C(=O)COc3ccc([N+](=O)[O-])cc3)CC1)CC2=O. The van der Waals surface area contributed by atoms with Crippen molar-refractivity contribution in [2.45, 2.75) is 38.7 Å². The average Bonchev–Trinajstić information content (AvgIpc) is 2.72. The minimum atomic E-state index is -0.569. The average molecular weight is 424 g/mol. The van der Waals surface area contributed by atoms with Crippen LogP contribution in [0.1, 0.15) is 40.7 Å². The Morgan fingerprint density at radius 1 is 1.19 bits per heavy atom. The van der Waals surface area contributed by atoms with Crippen molar-refractivity contribution in [1.29, 1.82) is 0 Å². The zero-order valence-electron chi connectivity index (χ0n) is 17.6. The van der Waals surface area contributed by atoms with Gasteiger partial charge in [0, 0.05) is 38.1 Å². The molecule has 2 heterocycles. The summed E-state index contributed by atoms with van der Waals surface area (Å²) in [7, 11) is 0. The zero-order chi connectivity index (χ0) is 22.2. The molecule has 31 heavy (non-hydrogen) atoms. The highest BCUT2D eigenvalue weighted by atomic mass is 16.6. The van der Waals surface area contributed by atoms with Crippen molar-refractivity contribution in [3.63, 3.8) is 0 Å². The standard InChI is InChI=1S/C23H24N2O6/c1-15-11-16(2)22-19(26)13-23(31-20(22)12-15)7-9-24(10-8-23)21(27)14-30-18-5-3-17(4-6-18)25(28)29/h3-6,11-12H,7-10,13-14H2,1-2H3. The number of hydrogen-bond donors (Lipinski definition) is 0. The molecule has 1 amide bonds. The van der Waals surface area contributed by atoms with Gasteiger partial charge >= 0.3 is 0 Å². The van der Waals surface area contributed by atoms with Gasteiger partial charge in [-0.2, -0.15) is 0 Å². The van der Waals surface area contributed by atoms with Gasteiger partial charge in [-0.3, -0.25) is 19.7 Å². The lowest BCUT2D eigenvalue weighted by atomic mass is 9.81. The van der Waals surface area contributed by atoms with Crippen molar-refractivity contribution >= 4 is 17.4 Å². The van der Waals surface area contributed by atoms with Crippen LogP contribution in [0.15, 0.2) is 36.4 Å². The molecule has 2 aromatic rings. The Morgan fingerprint density at radius 2 is 1.87 bits per heavy atom. The summed E-state index contributed by atoms with van der Waals surface area (Å²) < 4.78 is 11.8. The molecule has 2 aliphatic heterocycles. The van der Waals surface area contributed by atoms with Crippen LogP contribution in [-0.2, 0) is 4.79 Å². The number of ether oxygens (including phenoxy) is 2. The van der Waals surface area contributed by atoms with Crippen LogP contribution >= 0.6 is 0 Å². The topological polar surface area (TPSA) is 99.0 Å². The molecule has 0 bridgehead atoms. The van der Waals surface area contributed by atoms with Gasteiger partial charge in [0.1, 0.15) is 17.1 Å². The number of likely N-dealkylation sites (tertiary alicyclic amines) is 1. The van der Waals surface area contributed by atoms with Crippen molar-refractivity contribution in [2.75, 3.05) is 19.7 Å². The number of fused-ring (bicyclic) bond motifs is 1. The number of nitrogens with zero attached hydrogens (tertiary/aromatic N) is 2. The Bertz CT molecular complexity index is 1040. The second kappa shape index (κ2) is 8.02. The highest BCUT2D eigenvalue weighted by molar-refractivity contribution is 6.01. The van der Waals surface area contributed by atoms with E-state index in [1.54, 1.807) is 4.90 Å². The minimum absolute atomic E-state index is 0.0333. The van der Waals surface area contributed by atoms with Crippen molar-refractivity contribution in [3.05, 3.63) is 63.2 Å². The van der Waals surface area contributed by atoms with Crippen LogP contribution < -0.4 is 9.47 Å². The van der Waals surface area contributed by atoms with Crippen molar-refractivity contribution in [1.82, 2.24) is 4.90 Å². The van der Waals surface area contributed by atoms with E-state index < -0.39 is 10.5 Å². The number of carbonyl (C=O) groups excluding carboxylic acids is 2. The van der Waals surface area contributed by atoms with Gasteiger partial charge < -0.3 is 14.4 Å². The summed E-state index contributed by atoms with van der Waals surface area (Å²) in [6.45, 7) is 4.73. The first-order valence-electron chi connectivity index (χ1n) is 10.2. The number of aryl methyl sites for hydroxylation is 2. The Kier molecular flexibility index (Phi) is 5.39. The van der Waals surface area contributed by atoms with E-state index in [0.29, 0.717) is 49.4 Å². The van der Waals surface area contributed by atoms with Crippen LogP contribution in [0.5, 0.6) is 11.5 Å². The number of nitro groups is 1. The lowest BCUT2D eigenvalue weighted by Crippen LogP contribution is -2.53. The largest absolute Gasteiger partial charge is 0.486 e. The highest BCUT2D eigenvalue weighted by Gasteiger charge is 2.44. The summed E-state index contributed by atoms with van der Waals surface area (Å²) in [5.41, 5.74) is 2.06. The highest BCUT2D eigenvalue weighted by Crippen LogP contribution is 2.41. The maximum atomic E-state index is 12.8. The normalized spacial score (nSPS) is 17.1. The van der Waals surface area contributed by atoms with Crippen molar-refractivity contribution < 1.29 is 24.0 Å². The van der Waals surface area contributed by atoms with Gasteiger partial charge in [-0.15, -0.1) is 0 Å². The molecular formula is C23H24N2O6. The number of nitro benzene ring substituents is 1. The van der Waals surface area contributed by atoms with E-state index in [1.165, 1.54) is 24.3 Å². The number of non-ortho nitro benzene ring substituents is 1. The van der Waals surface area contributed by atoms with Crippen LogP contribution in [0, 0.1) is 24.0 Å². The van der Waals surface area contributed by atoms with Crippen LogP contribution in [-0.4, -0.2) is 46.8 Å². The van der Waals surface area contributed by atoms with Gasteiger partial charge in [0.15, 0.2) is 12.4 Å². The van der Waals surface area contributed by atoms with E-state index >= 15 is 0 Å². The fourth-order valence-electron chi connectivity index (χ4n) is 4.36. The Labute approximate surface area is 179 Å². The molecule has 0 radical (unpaired) electrons. The van der Waals surface area contributed by atoms with Gasteiger partial charge in [-0.25, -0.2) is 0 Å². The van der Waals surface area contributed by atoms with E-state index in [-0.39, 0.29) is 24.0 Å². The minimum Gasteiger partial charge on any atom is -0.486 e. The molecule has 0 N–H and O–H groups in total. The first-order valence-corrected chi connectivity index (χ1v) is 10.2. The number of benzene rings is 2. The van der Waals surface area contributed by atoms with Crippen LogP contribution in [0.2, 0.25) is 0 Å². The van der Waals surface area contributed by atoms with Gasteiger partial charge in [0.05, 0.1) is 16.9 Å². The molecule has 0 atom stereocenters. The number of piperidine rings is 1. The second-order valence-corrected chi connectivity index (χ2v) is 8.26. The van der Waals surface area contributed by atoms with Gasteiger partial charge in [-0.1, -0.05) is 6.07 Å². The van der Waals surface area contributed by atoms with Crippen LogP contribution in [0.25, 0.3) is 0 Å². The quantitative estimate of drug-likeness (QED) is 0.549. The maximum absolute atomic E-state index is 12.8. The molecule has 4 rings (SSSR count). The van der Waals surface area contributed by atoms with Crippen LogP contribution in [0.4, 0.5) is 5.69 Å². The molecule has 1 spiro atoms. The summed E-state index contributed by atoms with van der Waals surface area (Å²) in [4.78, 5) is 37.3. The maximum Gasteiger partial charge on any atom is 0.269 e. The molecular weight excluding hydrogens is 400 g/mol. The molecule has 1 saturated heterocycles. The van der Waals surface area contributed by atoms with Crippen molar-refractivity contribution in [3.8, 4) is 11.5 Å². The molecule has 0 unspecified atom stereocenters. The molecule has 1 fully saturated rings. The zero-order valence-corrected chi connectivity index (χ0v) is 17.6. The number of amides is 1. The number of carbonyl (C=O) groups is 2. The van der Waals surface area contributed by atoms with Gasteiger partial charge in [0.25, 0.3) is 11.6 Å². The van der Waals surface area contributed by atoms with Gasteiger partial charge in [0.2, 0.25) is 0 Å². The molecule has 8 nitrogen and oxygen atoms in total. The summed E-state index contributed by atoms with van der Waals surface area (Å²) in [6, 6.07) is 9.52. The smallest absolute Gasteiger partial charge is 0.269 e. The summed E-state index contributed by atoms with van der Waals surface area (Å²) in [6.07, 6.45) is 1.48. The van der Waals surface area contributed by atoms with Crippen molar-refractivity contribution in [2.24, 2.45) is 0 Å². The molecule has 0 saturated carbocycles. The predicted octanol–water partition coefficient (Wildman–Crippen LogP) is 3.62. The Balaban J connectivity index is 1.35. The number of ketones is 1. The summed E-state index contributed by atoms with van der Waals surface area (Å²) in [5, 5.41) is 10.7. The number of Topliss-reactive ketones (excluding diaryl/α,β-unsaturated/α-hetero) is 1. The fourth-order valence-corrected chi connectivity index (χ4v) is 4.36. The fraction of sp³-hybridized carbons (Fsp3) is 0.391. The third kappa shape index (κ3) is 4.23. The van der Waals surface area contributed by atoms with E-state index in [9.17, 15) is 19.7 Å². The summed E-state index contributed by atoms with van der Waals surface area (Å²) >= 11 is 0. The molecule has 2 aliphatic rings. The Hall–Kier alpha value is -3.42. The summed E-state index contributed by atoms with van der Waals surface area (Å²) in [5.74, 6) is 0.980. The van der Waals surface area contributed by atoms with Gasteiger partial charge in [-0.05, 0) is 43.2 Å². The second-order valence-electron chi connectivity index (χ2n) is 8.26. The monoisotopic (exact) mass is 424 g/mol. The third-order valence-electron chi connectivity index (χ3n) is 5.97. The van der Waals surface area contributed by atoms with E-state index in [2.05, 4.69) is 0 Å². The first-order chi connectivity index (χ1) is 14.8. The lowest BCUT2D eigenvalue weighted by Gasteiger charge is -2.44. The first kappa shape index (κ1) is 20.8. The lowest BCUT2D eigenvalue weighted by molar-refractivity contribution is -0.384. The molecule has 0 aliphatic carbocycles. The van der Waals surface area contributed by atoms with E-state index in [0.717, 1.165) is 11.1 Å². The predicted molar refractivity (Wildman–Crippen MR) is 113 cm³/mol. The Morgan fingerprint density at radius 3 is 2.52 bits per heavy atom. The number of rotatable bonds is 4. The molecule has 8 heteroatoms. The molecule has 162 valence electrons. The third-order valence-corrected chi connectivity index (χ3v) is 5.97. The van der Waals surface area contributed by atoms with Crippen LogP contribution in [0.3, 0.4) is 0 Å².